The Morgan fingerprint density at radius 3 is 0.932 bits per heavy atom. The van der Waals surface area contributed by atoms with Gasteiger partial charge in [-0.05, 0) is 50.4 Å². The van der Waals surface area contributed by atoms with Crippen molar-refractivity contribution in [1.29, 1.82) is 0 Å². The van der Waals surface area contributed by atoms with E-state index in [1.54, 1.807) is 0 Å². The van der Waals surface area contributed by atoms with Crippen molar-refractivity contribution in [2.24, 2.45) is 11.8 Å². The Balaban J connectivity index is 4.11. The van der Waals surface area contributed by atoms with Gasteiger partial charge in [0.1, 0.15) is 0 Å². The molecule has 0 fully saturated rings. The third-order valence-electron chi connectivity index (χ3n) is 9.34. The van der Waals surface area contributed by atoms with E-state index in [1.165, 1.54) is 154 Å². The lowest BCUT2D eigenvalue weighted by Crippen LogP contribution is -2.15. The van der Waals surface area contributed by atoms with Crippen LogP contribution in [-0.4, -0.2) is 25.2 Å². The van der Waals surface area contributed by atoms with E-state index in [1.807, 2.05) is 0 Å². The van der Waals surface area contributed by atoms with E-state index in [-0.39, 0.29) is 11.9 Å². The maximum Gasteiger partial charge on any atom is 0.305 e. The first kappa shape index (κ1) is 42.9. The highest BCUT2D eigenvalue weighted by atomic mass is 16.5. The summed E-state index contributed by atoms with van der Waals surface area (Å²) >= 11 is 0. The van der Waals surface area contributed by atoms with Crippen LogP contribution in [0, 0.1) is 11.8 Å². The quantitative estimate of drug-likeness (QED) is 0.0521. The molecule has 0 aromatic heterocycles. The van der Waals surface area contributed by atoms with Crippen LogP contribution in [0.5, 0.6) is 0 Å². The monoisotopic (exact) mass is 623 g/mol. The van der Waals surface area contributed by atoms with Gasteiger partial charge in [-0.15, -0.1) is 0 Å². The SMILES string of the molecule is CCCCCCCCC(CCCCCC)COC(=O)CCCCCCC(=O)OCC(CCCCCC)CCCCCCCC. The van der Waals surface area contributed by atoms with Crippen molar-refractivity contribution >= 4 is 11.9 Å². The van der Waals surface area contributed by atoms with E-state index < -0.39 is 0 Å². The van der Waals surface area contributed by atoms with Gasteiger partial charge in [0.2, 0.25) is 0 Å². The zero-order valence-electron chi connectivity index (χ0n) is 30.4. The molecule has 262 valence electrons. The van der Waals surface area contributed by atoms with Gasteiger partial charge in [-0.1, -0.05) is 169 Å². The largest absolute Gasteiger partial charge is 0.465 e. The van der Waals surface area contributed by atoms with Gasteiger partial charge in [-0.25, -0.2) is 0 Å². The molecule has 0 amide bonds. The molecule has 44 heavy (non-hydrogen) atoms. The summed E-state index contributed by atoms with van der Waals surface area (Å²) in [5.41, 5.74) is 0. The molecular formula is C40H78O4. The molecular weight excluding hydrogens is 544 g/mol. The average Bonchev–Trinajstić information content (AvgIpc) is 3.02. The van der Waals surface area contributed by atoms with Crippen LogP contribution in [0.2, 0.25) is 0 Å². The number of unbranched alkanes of at least 4 members (excludes halogenated alkanes) is 19. The highest BCUT2D eigenvalue weighted by Gasteiger charge is 2.14. The lowest BCUT2D eigenvalue weighted by molar-refractivity contribution is -0.146. The summed E-state index contributed by atoms with van der Waals surface area (Å²) in [6, 6.07) is 0. The van der Waals surface area contributed by atoms with Crippen LogP contribution < -0.4 is 0 Å². The van der Waals surface area contributed by atoms with Crippen molar-refractivity contribution in [3.63, 3.8) is 0 Å². The summed E-state index contributed by atoms with van der Waals surface area (Å²) in [7, 11) is 0. The summed E-state index contributed by atoms with van der Waals surface area (Å²) in [5, 5.41) is 0. The van der Waals surface area contributed by atoms with Gasteiger partial charge in [0, 0.05) is 12.8 Å². The lowest BCUT2D eigenvalue weighted by Gasteiger charge is -2.17. The second-order valence-electron chi connectivity index (χ2n) is 13.8. The summed E-state index contributed by atoms with van der Waals surface area (Å²) < 4.78 is 11.5. The molecule has 0 radical (unpaired) electrons. The first-order valence-electron chi connectivity index (χ1n) is 19.9. The number of esters is 2. The molecule has 2 unspecified atom stereocenters. The number of rotatable bonds is 35. The molecule has 4 heteroatoms. The molecule has 0 aliphatic heterocycles. The predicted molar refractivity (Wildman–Crippen MR) is 190 cm³/mol. The van der Waals surface area contributed by atoms with Gasteiger partial charge >= 0.3 is 11.9 Å². The van der Waals surface area contributed by atoms with Crippen LogP contribution in [0.15, 0.2) is 0 Å². The Morgan fingerprint density at radius 1 is 0.364 bits per heavy atom. The second kappa shape index (κ2) is 34.8. The number of carbonyl (C=O) groups is 2. The van der Waals surface area contributed by atoms with E-state index >= 15 is 0 Å². The standard InChI is InChI=1S/C40H78O4/c1-5-9-13-17-19-25-31-37(29-23-15-11-7-3)35-43-39(41)33-27-21-22-28-34-40(42)44-36-38(30-24-16-12-8-4)32-26-20-18-14-10-6-2/h37-38H,5-36H2,1-4H3. The molecule has 0 saturated heterocycles. The van der Waals surface area contributed by atoms with Gasteiger partial charge in [0.15, 0.2) is 0 Å². The molecule has 2 atom stereocenters. The summed E-state index contributed by atoms with van der Waals surface area (Å²) in [6.07, 6.45) is 35.5. The van der Waals surface area contributed by atoms with Gasteiger partial charge in [-0.3, -0.25) is 9.59 Å². The summed E-state index contributed by atoms with van der Waals surface area (Å²) in [4.78, 5) is 24.8. The fourth-order valence-corrected chi connectivity index (χ4v) is 6.23. The summed E-state index contributed by atoms with van der Waals surface area (Å²) in [6.45, 7) is 10.2. The zero-order chi connectivity index (χ0) is 32.4. The van der Waals surface area contributed by atoms with Gasteiger partial charge in [0.25, 0.3) is 0 Å². The Kier molecular flexibility index (Phi) is 34.0. The fourth-order valence-electron chi connectivity index (χ4n) is 6.23. The van der Waals surface area contributed by atoms with E-state index in [4.69, 9.17) is 9.47 Å². The molecule has 0 rings (SSSR count). The fraction of sp³-hybridized carbons (Fsp3) is 0.950. The van der Waals surface area contributed by atoms with Crippen molar-refractivity contribution in [2.75, 3.05) is 13.2 Å². The maximum atomic E-state index is 12.4. The van der Waals surface area contributed by atoms with E-state index in [9.17, 15) is 9.59 Å². The Bertz CT molecular complexity index is 552. The second-order valence-corrected chi connectivity index (χ2v) is 13.8. The lowest BCUT2D eigenvalue weighted by atomic mass is 9.95. The Morgan fingerprint density at radius 2 is 0.614 bits per heavy atom. The smallest absolute Gasteiger partial charge is 0.305 e. The number of hydrogen-bond donors (Lipinski definition) is 0. The van der Waals surface area contributed by atoms with Gasteiger partial charge in [-0.2, -0.15) is 0 Å². The zero-order valence-corrected chi connectivity index (χ0v) is 30.4. The van der Waals surface area contributed by atoms with Crippen molar-refractivity contribution in [3.05, 3.63) is 0 Å². The van der Waals surface area contributed by atoms with Crippen molar-refractivity contribution in [3.8, 4) is 0 Å². The number of ether oxygens (including phenoxy) is 2. The molecule has 0 N–H and O–H groups in total. The Hall–Kier alpha value is -1.06. The third kappa shape index (κ3) is 30.9. The van der Waals surface area contributed by atoms with Crippen molar-refractivity contribution in [1.82, 2.24) is 0 Å². The molecule has 0 aliphatic rings. The molecule has 0 spiro atoms. The van der Waals surface area contributed by atoms with Crippen LogP contribution in [0.3, 0.4) is 0 Å². The molecule has 0 aromatic rings. The normalized spacial score (nSPS) is 12.7. The summed E-state index contributed by atoms with van der Waals surface area (Å²) in [5.74, 6) is 0.965. The average molecular weight is 623 g/mol. The molecule has 0 aromatic carbocycles. The van der Waals surface area contributed by atoms with Crippen LogP contribution in [0.4, 0.5) is 0 Å². The molecule has 4 nitrogen and oxygen atoms in total. The van der Waals surface area contributed by atoms with Gasteiger partial charge < -0.3 is 9.47 Å². The van der Waals surface area contributed by atoms with E-state index in [2.05, 4.69) is 27.7 Å². The first-order chi connectivity index (χ1) is 21.6. The van der Waals surface area contributed by atoms with Crippen LogP contribution in [0.25, 0.3) is 0 Å². The molecule has 0 saturated carbocycles. The topological polar surface area (TPSA) is 52.6 Å². The minimum Gasteiger partial charge on any atom is -0.465 e. The van der Waals surface area contributed by atoms with Crippen LogP contribution >= 0.6 is 0 Å². The molecule has 0 heterocycles. The van der Waals surface area contributed by atoms with Crippen molar-refractivity contribution < 1.29 is 19.1 Å². The van der Waals surface area contributed by atoms with E-state index in [0.29, 0.717) is 37.9 Å². The van der Waals surface area contributed by atoms with Crippen molar-refractivity contribution in [2.45, 2.75) is 220 Å². The third-order valence-corrected chi connectivity index (χ3v) is 9.34. The number of carbonyl (C=O) groups excluding carboxylic acids is 2. The van der Waals surface area contributed by atoms with E-state index in [0.717, 1.165) is 25.7 Å². The first-order valence-corrected chi connectivity index (χ1v) is 19.9. The Labute approximate surface area is 276 Å². The highest BCUT2D eigenvalue weighted by Crippen LogP contribution is 2.21. The predicted octanol–water partition coefficient (Wildman–Crippen LogP) is 13.1. The minimum atomic E-state index is -0.0405. The highest BCUT2D eigenvalue weighted by molar-refractivity contribution is 5.69. The maximum absolute atomic E-state index is 12.4. The number of hydrogen-bond acceptors (Lipinski definition) is 4. The van der Waals surface area contributed by atoms with Crippen LogP contribution in [0.1, 0.15) is 220 Å². The minimum absolute atomic E-state index is 0.0405. The molecule has 0 aliphatic carbocycles. The molecule has 0 bridgehead atoms. The van der Waals surface area contributed by atoms with Gasteiger partial charge in [0.05, 0.1) is 13.2 Å². The van der Waals surface area contributed by atoms with Crippen LogP contribution in [-0.2, 0) is 19.1 Å².